The molecule has 0 aromatic heterocycles. The summed E-state index contributed by atoms with van der Waals surface area (Å²) in [6.07, 6.45) is 0.928. The van der Waals surface area contributed by atoms with E-state index in [-0.39, 0.29) is 6.04 Å². The normalized spacial score (nSPS) is 12.2. The minimum absolute atomic E-state index is 0.117. The SMILES string of the molecule is CCOc1cccc(OCCOCC(N)CC)c1. The van der Waals surface area contributed by atoms with Crippen molar-refractivity contribution in [2.24, 2.45) is 5.73 Å². The van der Waals surface area contributed by atoms with Gasteiger partial charge < -0.3 is 19.9 Å². The van der Waals surface area contributed by atoms with Crippen molar-refractivity contribution >= 4 is 0 Å². The molecule has 2 N–H and O–H groups in total. The molecule has 1 aromatic carbocycles. The Hall–Kier alpha value is -1.26. The van der Waals surface area contributed by atoms with Crippen molar-refractivity contribution in [2.75, 3.05) is 26.4 Å². The molecule has 0 radical (unpaired) electrons. The summed E-state index contributed by atoms with van der Waals surface area (Å²) < 4.78 is 16.4. The monoisotopic (exact) mass is 253 g/mol. The lowest BCUT2D eigenvalue weighted by molar-refractivity contribution is 0.0896. The first-order chi connectivity index (χ1) is 8.76. The molecule has 1 aromatic rings. The maximum atomic E-state index is 5.74. The van der Waals surface area contributed by atoms with Crippen LogP contribution in [0.2, 0.25) is 0 Å². The second kappa shape index (κ2) is 8.78. The van der Waals surface area contributed by atoms with Gasteiger partial charge in [0.15, 0.2) is 0 Å². The van der Waals surface area contributed by atoms with Gasteiger partial charge in [0.1, 0.15) is 18.1 Å². The molecule has 1 rings (SSSR count). The number of nitrogens with two attached hydrogens (primary N) is 1. The van der Waals surface area contributed by atoms with Crippen molar-refractivity contribution < 1.29 is 14.2 Å². The highest BCUT2D eigenvalue weighted by atomic mass is 16.5. The highest BCUT2D eigenvalue weighted by Crippen LogP contribution is 2.19. The molecule has 0 fully saturated rings. The summed E-state index contributed by atoms with van der Waals surface area (Å²) in [4.78, 5) is 0. The third-order valence-corrected chi connectivity index (χ3v) is 2.47. The molecule has 102 valence electrons. The van der Waals surface area contributed by atoms with Crippen molar-refractivity contribution in [3.8, 4) is 11.5 Å². The predicted molar refractivity (Wildman–Crippen MR) is 72.2 cm³/mol. The third-order valence-electron chi connectivity index (χ3n) is 2.47. The Kier molecular flexibility index (Phi) is 7.22. The number of ether oxygens (including phenoxy) is 3. The summed E-state index contributed by atoms with van der Waals surface area (Å²) in [5, 5.41) is 0. The Morgan fingerprint density at radius 2 is 1.83 bits per heavy atom. The van der Waals surface area contributed by atoms with Gasteiger partial charge in [-0.1, -0.05) is 13.0 Å². The highest BCUT2D eigenvalue weighted by molar-refractivity contribution is 5.32. The standard InChI is InChI=1S/C14H23NO3/c1-3-12(15)11-16-8-9-18-14-7-5-6-13(10-14)17-4-2/h5-7,10,12H,3-4,8-9,11,15H2,1-2H3. The van der Waals surface area contributed by atoms with Gasteiger partial charge in [-0.2, -0.15) is 0 Å². The van der Waals surface area contributed by atoms with Crippen LogP contribution < -0.4 is 15.2 Å². The minimum Gasteiger partial charge on any atom is -0.494 e. The lowest BCUT2D eigenvalue weighted by Crippen LogP contribution is -2.26. The van der Waals surface area contributed by atoms with Crippen molar-refractivity contribution in [1.82, 2.24) is 0 Å². The van der Waals surface area contributed by atoms with Crippen molar-refractivity contribution in [3.05, 3.63) is 24.3 Å². The molecule has 0 spiro atoms. The van der Waals surface area contributed by atoms with Gasteiger partial charge in [0.2, 0.25) is 0 Å². The molecule has 0 aliphatic heterocycles. The maximum absolute atomic E-state index is 5.74. The van der Waals surface area contributed by atoms with Gasteiger partial charge in [-0.25, -0.2) is 0 Å². The Balaban J connectivity index is 2.20. The third kappa shape index (κ3) is 5.89. The van der Waals surface area contributed by atoms with Gasteiger partial charge >= 0.3 is 0 Å². The molecular formula is C14H23NO3. The molecule has 0 aliphatic carbocycles. The van der Waals surface area contributed by atoms with Gasteiger partial charge in [-0.05, 0) is 25.5 Å². The molecular weight excluding hydrogens is 230 g/mol. The van der Waals surface area contributed by atoms with E-state index in [4.69, 9.17) is 19.9 Å². The van der Waals surface area contributed by atoms with Crippen LogP contribution in [0.3, 0.4) is 0 Å². The van der Waals surface area contributed by atoms with E-state index in [0.29, 0.717) is 26.4 Å². The van der Waals surface area contributed by atoms with Crippen molar-refractivity contribution in [3.63, 3.8) is 0 Å². The van der Waals surface area contributed by atoms with E-state index in [0.717, 1.165) is 17.9 Å². The number of hydrogen-bond donors (Lipinski definition) is 1. The first-order valence-electron chi connectivity index (χ1n) is 6.45. The Bertz CT molecular complexity index is 331. The number of hydrogen-bond acceptors (Lipinski definition) is 4. The average Bonchev–Trinajstić information content (AvgIpc) is 2.39. The Morgan fingerprint density at radius 1 is 1.11 bits per heavy atom. The second-order valence-electron chi connectivity index (χ2n) is 4.00. The summed E-state index contributed by atoms with van der Waals surface area (Å²) in [5.41, 5.74) is 5.74. The van der Waals surface area contributed by atoms with Gasteiger partial charge in [0, 0.05) is 12.1 Å². The maximum Gasteiger partial charge on any atom is 0.123 e. The van der Waals surface area contributed by atoms with Gasteiger partial charge in [-0.15, -0.1) is 0 Å². The first-order valence-corrected chi connectivity index (χ1v) is 6.45. The topological polar surface area (TPSA) is 53.7 Å². The lowest BCUT2D eigenvalue weighted by Gasteiger charge is -2.11. The summed E-state index contributed by atoms with van der Waals surface area (Å²) in [6, 6.07) is 7.72. The molecule has 4 heteroatoms. The quantitative estimate of drug-likeness (QED) is 0.686. The van der Waals surface area contributed by atoms with Crippen LogP contribution >= 0.6 is 0 Å². The van der Waals surface area contributed by atoms with Crippen molar-refractivity contribution in [1.29, 1.82) is 0 Å². The van der Waals surface area contributed by atoms with Gasteiger partial charge in [0.05, 0.1) is 19.8 Å². The molecule has 4 nitrogen and oxygen atoms in total. The van der Waals surface area contributed by atoms with Crippen LogP contribution in [0.15, 0.2) is 24.3 Å². The van der Waals surface area contributed by atoms with E-state index in [1.165, 1.54) is 0 Å². The van der Waals surface area contributed by atoms with Crippen LogP contribution in [0.5, 0.6) is 11.5 Å². The molecule has 1 atom stereocenters. The van der Waals surface area contributed by atoms with E-state index >= 15 is 0 Å². The molecule has 0 bridgehead atoms. The van der Waals surface area contributed by atoms with E-state index in [2.05, 4.69) is 0 Å². The van der Waals surface area contributed by atoms with Gasteiger partial charge in [-0.3, -0.25) is 0 Å². The molecule has 1 unspecified atom stereocenters. The fraction of sp³-hybridized carbons (Fsp3) is 0.571. The van der Waals surface area contributed by atoms with Crippen LogP contribution in [-0.2, 0) is 4.74 Å². The predicted octanol–water partition coefficient (Wildman–Crippen LogP) is 2.22. The zero-order chi connectivity index (χ0) is 13.2. The molecule has 0 saturated heterocycles. The first kappa shape index (κ1) is 14.8. The molecule has 0 heterocycles. The molecule has 0 amide bonds. The van der Waals surface area contributed by atoms with Crippen LogP contribution in [0.4, 0.5) is 0 Å². The zero-order valence-corrected chi connectivity index (χ0v) is 11.2. The second-order valence-corrected chi connectivity index (χ2v) is 4.00. The molecule has 0 aliphatic rings. The van der Waals surface area contributed by atoms with E-state index < -0.39 is 0 Å². The van der Waals surface area contributed by atoms with Crippen LogP contribution in [0.1, 0.15) is 20.3 Å². The fourth-order valence-electron chi connectivity index (χ4n) is 1.39. The summed E-state index contributed by atoms with van der Waals surface area (Å²) >= 11 is 0. The van der Waals surface area contributed by atoms with Gasteiger partial charge in [0.25, 0.3) is 0 Å². The Labute approximate surface area is 109 Å². The van der Waals surface area contributed by atoms with Crippen molar-refractivity contribution in [2.45, 2.75) is 26.3 Å². The minimum atomic E-state index is 0.117. The van der Waals surface area contributed by atoms with Crippen LogP contribution in [0.25, 0.3) is 0 Å². The van der Waals surface area contributed by atoms with E-state index in [1.54, 1.807) is 0 Å². The summed E-state index contributed by atoms with van der Waals surface area (Å²) in [7, 11) is 0. The molecule has 18 heavy (non-hydrogen) atoms. The highest BCUT2D eigenvalue weighted by Gasteiger charge is 2.00. The summed E-state index contributed by atoms with van der Waals surface area (Å²) in [6.45, 7) is 6.31. The van der Waals surface area contributed by atoms with Crippen LogP contribution in [0, 0.1) is 0 Å². The zero-order valence-electron chi connectivity index (χ0n) is 11.2. The van der Waals surface area contributed by atoms with E-state index in [1.807, 2.05) is 38.1 Å². The Morgan fingerprint density at radius 3 is 2.50 bits per heavy atom. The smallest absolute Gasteiger partial charge is 0.123 e. The lowest BCUT2D eigenvalue weighted by atomic mass is 10.3. The number of benzene rings is 1. The number of rotatable bonds is 9. The average molecular weight is 253 g/mol. The molecule has 0 saturated carbocycles. The largest absolute Gasteiger partial charge is 0.494 e. The van der Waals surface area contributed by atoms with Crippen LogP contribution in [-0.4, -0.2) is 32.5 Å². The fourth-order valence-corrected chi connectivity index (χ4v) is 1.39. The van der Waals surface area contributed by atoms with E-state index in [9.17, 15) is 0 Å². The summed E-state index contributed by atoms with van der Waals surface area (Å²) in [5.74, 6) is 1.62.